The van der Waals surface area contributed by atoms with Gasteiger partial charge in [-0.1, -0.05) is 11.6 Å². The lowest BCUT2D eigenvalue weighted by Crippen LogP contribution is -2.08. The first kappa shape index (κ1) is 14.6. The molecule has 0 spiro atoms. The van der Waals surface area contributed by atoms with Crippen molar-refractivity contribution in [2.45, 2.75) is 12.7 Å². The van der Waals surface area contributed by atoms with Gasteiger partial charge in [0.15, 0.2) is 0 Å². The van der Waals surface area contributed by atoms with E-state index in [1.54, 1.807) is 0 Å². The summed E-state index contributed by atoms with van der Waals surface area (Å²) in [4.78, 5) is 3.83. The molecule has 0 aliphatic rings. The molecule has 0 radical (unpaired) electrons. The van der Waals surface area contributed by atoms with Crippen LogP contribution >= 0.6 is 11.6 Å². The molecule has 7 heteroatoms. The number of nitrogens with zero attached hydrogens (tertiary/aromatic N) is 1. The van der Waals surface area contributed by atoms with Crippen molar-refractivity contribution in [2.75, 3.05) is 5.32 Å². The molecule has 0 saturated carbocycles. The number of anilines is 1. The third-order valence-corrected chi connectivity index (χ3v) is 2.87. The van der Waals surface area contributed by atoms with Crippen molar-refractivity contribution < 1.29 is 17.6 Å². The van der Waals surface area contributed by atoms with Gasteiger partial charge in [-0.15, -0.1) is 0 Å². The lowest BCUT2D eigenvalue weighted by atomic mass is 10.1. The van der Waals surface area contributed by atoms with Crippen LogP contribution in [-0.2, 0) is 12.7 Å². The molecule has 0 aliphatic carbocycles. The van der Waals surface area contributed by atoms with E-state index in [2.05, 4.69) is 10.3 Å². The number of hydrogen-bond donors (Lipinski definition) is 1. The number of nitrogens with one attached hydrogen (secondary N) is 1. The van der Waals surface area contributed by atoms with E-state index in [0.29, 0.717) is 16.8 Å². The zero-order valence-electron chi connectivity index (χ0n) is 10.0. The predicted molar refractivity (Wildman–Crippen MR) is 68.0 cm³/mol. The number of alkyl halides is 3. The van der Waals surface area contributed by atoms with Gasteiger partial charge in [0.1, 0.15) is 5.82 Å². The number of hydrogen-bond acceptors (Lipinski definition) is 2. The summed E-state index contributed by atoms with van der Waals surface area (Å²) in [5.41, 5.74) is -0.393. The monoisotopic (exact) mass is 304 g/mol. The van der Waals surface area contributed by atoms with Crippen LogP contribution in [0.2, 0.25) is 5.02 Å². The van der Waals surface area contributed by atoms with Crippen LogP contribution in [-0.4, -0.2) is 4.98 Å². The number of aromatic nitrogens is 1. The van der Waals surface area contributed by atoms with Gasteiger partial charge in [-0.2, -0.15) is 13.2 Å². The van der Waals surface area contributed by atoms with Crippen LogP contribution in [0.5, 0.6) is 0 Å². The molecule has 1 aromatic carbocycles. The minimum atomic E-state index is -4.58. The van der Waals surface area contributed by atoms with Crippen molar-refractivity contribution in [3.8, 4) is 0 Å². The van der Waals surface area contributed by atoms with Crippen LogP contribution in [0, 0.1) is 5.82 Å². The van der Waals surface area contributed by atoms with Gasteiger partial charge in [-0.3, -0.25) is 4.98 Å². The summed E-state index contributed by atoms with van der Waals surface area (Å²) < 4.78 is 50.9. The summed E-state index contributed by atoms with van der Waals surface area (Å²) in [6.07, 6.45) is -1.66. The van der Waals surface area contributed by atoms with E-state index in [1.165, 1.54) is 18.5 Å². The Balaban J connectivity index is 2.18. The fourth-order valence-corrected chi connectivity index (χ4v) is 1.79. The quantitative estimate of drug-likeness (QED) is 0.844. The van der Waals surface area contributed by atoms with E-state index in [9.17, 15) is 17.6 Å². The summed E-state index contributed by atoms with van der Waals surface area (Å²) in [5.74, 6) is -0.936. The van der Waals surface area contributed by atoms with Gasteiger partial charge in [0.2, 0.25) is 0 Å². The van der Waals surface area contributed by atoms with Crippen LogP contribution < -0.4 is 5.32 Å². The second-order valence-corrected chi connectivity index (χ2v) is 4.46. The average Bonchev–Trinajstić information content (AvgIpc) is 2.36. The summed E-state index contributed by atoms with van der Waals surface area (Å²) in [6.45, 7) is 0.00620. The minimum Gasteiger partial charge on any atom is -0.379 e. The predicted octanol–water partition coefficient (Wildman–Crippen LogP) is 4.51. The van der Waals surface area contributed by atoms with Gasteiger partial charge in [-0.05, 0) is 29.8 Å². The molecule has 0 saturated heterocycles. The highest BCUT2D eigenvalue weighted by Crippen LogP contribution is 2.30. The maximum absolute atomic E-state index is 13.2. The number of pyridine rings is 1. The Morgan fingerprint density at radius 3 is 2.60 bits per heavy atom. The van der Waals surface area contributed by atoms with Crippen molar-refractivity contribution in [3.05, 3.63) is 58.6 Å². The largest absolute Gasteiger partial charge is 0.416 e. The molecule has 2 aromatic rings. The number of rotatable bonds is 3. The first-order valence-electron chi connectivity index (χ1n) is 5.56. The summed E-state index contributed by atoms with van der Waals surface area (Å²) in [5, 5.41) is 3.19. The zero-order chi connectivity index (χ0) is 14.8. The molecule has 0 fully saturated rings. The van der Waals surface area contributed by atoms with Crippen LogP contribution in [0.15, 0.2) is 36.7 Å². The molecular weight excluding hydrogens is 296 g/mol. The van der Waals surface area contributed by atoms with Crippen molar-refractivity contribution >= 4 is 17.3 Å². The lowest BCUT2D eigenvalue weighted by Gasteiger charge is -2.11. The topological polar surface area (TPSA) is 24.9 Å². The van der Waals surface area contributed by atoms with E-state index in [1.807, 2.05) is 0 Å². The Hall–Kier alpha value is -1.82. The van der Waals surface area contributed by atoms with Crippen molar-refractivity contribution in [3.63, 3.8) is 0 Å². The van der Waals surface area contributed by atoms with Crippen molar-refractivity contribution in [1.29, 1.82) is 0 Å². The maximum Gasteiger partial charge on any atom is 0.416 e. The van der Waals surface area contributed by atoms with Gasteiger partial charge in [-0.25, -0.2) is 4.39 Å². The molecule has 2 rings (SSSR count). The van der Waals surface area contributed by atoms with Gasteiger partial charge < -0.3 is 5.32 Å². The molecule has 1 heterocycles. The maximum atomic E-state index is 13.2. The smallest absolute Gasteiger partial charge is 0.379 e. The normalized spacial score (nSPS) is 11.4. The van der Waals surface area contributed by atoms with Crippen LogP contribution in [0.1, 0.15) is 11.1 Å². The molecule has 0 unspecified atom stereocenters. The summed E-state index contributed by atoms with van der Waals surface area (Å²) >= 11 is 5.87. The Kier molecular flexibility index (Phi) is 4.13. The molecule has 0 bridgehead atoms. The summed E-state index contributed by atoms with van der Waals surface area (Å²) in [6, 6.07) is 3.92. The average molecular weight is 305 g/mol. The molecule has 0 aliphatic heterocycles. The van der Waals surface area contributed by atoms with Gasteiger partial charge in [0.25, 0.3) is 0 Å². The number of halogens is 5. The molecule has 20 heavy (non-hydrogen) atoms. The Morgan fingerprint density at radius 2 is 1.95 bits per heavy atom. The second kappa shape index (κ2) is 5.66. The molecule has 2 nitrogen and oxygen atoms in total. The minimum absolute atomic E-state index is 0.00620. The van der Waals surface area contributed by atoms with E-state index in [4.69, 9.17) is 11.6 Å². The van der Waals surface area contributed by atoms with Crippen molar-refractivity contribution in [1.82, 2.24) is 4.98 Å². The highest BCUT2D eigenvalue weighted by atomic mass is 35.5. The van der Waals surface area contributed by atoms with E-state index in [0.717, 1.165) is 12.1 Å². The van der Waals surface area contributed by atoms with Gasteiger partial charge in [0, 0.05) is 12.7 Å². The molecule has 0 atom stereocenters. The molecule has 0 amide bonds. The second-order valence-electron chi connectivity index (χ2n) is 4.05. The fraction of sp³-hybridized carbons (Fsp3) is 0.154. The Morgan fingerprint density at radius 1 is 1.20 bits per heavy atom. The Labute approximate surface area is 117 Å². The van der Waals surface area contributed by atoms with Crippen molar-refractivity contribution in [2.24, 2.45) is 0 Å². The number of benzene rings is 1. The molecule has 106 valence electrons. The first-order chi connectivity index (χ1) is 9.36. The molecule has 1 N–H and O–H groups in total. The molecule has 1 aromatic heterocycles. The lowest BCUT2D eigenvalue weighted by molar-refractivity contribution is -0.137. The van der Waals surface area contributed by atoms with E-state index in [-0.39, 0.29) is 12.1 Å². The SMILES string of the molecule is Fc1cc(CNc2cnccc2Cl)cc(C(F)(F)F)c1. The molecular formula is C13H9ClF4N2. The van der Waals surface area contributed by atoms with E-state index >= 15 is 0 Å². The van der Waals surface area contributed by atoms with Crippen LogP contribution in [0.25, 0.3) is 0 Å². The Bertz CT molecular complexity index is 614. The third-order valence-electron chi connectivity index (χ3n) is 2.54. The standard InChI is InChI=1S/C13H9ClF4N2/c14-11-1-2-19-7-12(11)20-6-8-3-9(13(16,17)18)5-10(15)4-8/h1-5,7,20H,6H2. The fourth-order valence-electron chi connectivity index (χ4n) is 1.62. The van der Waals surface area contributed by atoms with E-state index < -0.39 is 17.6 Å². The van der Waals surface area contributed by atoms with Gasteiger partial charge >= 0.3 is 6.18 Å². The highest BCUT2D eigenvalue weighted by Gasteiger charge is 2.31. The third kappa shape index (κ3) is 3.60. The van der Waals surface area contributed by atoms with Crippen LogP contribution in [0.3, 0.4) is 0 Å². The highest BCUT2D eigenvalue weighted by molar-refractivity contribution is 6.33. The zero-order valence-corrected chi connectivity index (χ0v) is 10.8. The summed E-state index contributed by atoms with van der Waals surface area (Å²) in [7, 11) is 0. The van der Waals surface area contributed by atoms with Crippen LogP contribution in [0.4, 0.5) is 23.2 Å². The van der Waals surface area contributed by atoms with Gasteiger partial charge in [0.05, 0.1) is 22.5 Å². The first-order valence-corrected chi connectivity index (χ1v) is 5.94.